The fraction of sp³-hybridized carbons (Fsp3) is 0.0833. The Morgan fingerprint density at radius 3 is 3.00 bits per heavy atom. The quantitative estimate of drug-likeness (QED) is 0.679. The van der Waals surface area contributed by atoms with E-state index < -0.39 is 0 Å². The van der Waals surface area contributed by atoms with Crippen LogP contribution in [-0.4, -0.2) is 9.38 Å². The van der Waals surface area contributed by atoms with Crippen LogP contribution in [0.3, 0.4) is 0 Å². The van der Waals surface area contributed by atoms with Crippen molar-refractivity contribution in [1.82, 2.24) is 9.38 Å². The van der Waals surface area contributed by atoms with Gasteiger partial charge in [-0.3, -0.25) is 0 Å². The number of rotatable bonds is 1. The van der Waals surface area contributed by atoms with Gasteiger partial charge in [0.2, 0.25) is 0 Å². The van der Waals surface area contributed by atoms with Crippen LogP contribution < -0.4 is 0 Å². The van der Waals surface area contributed by atoms with Crippen LogP contribution in [0.5, 0.6) is 0 Å². The van der Waals surface area contributed by atoms with Crippen LogP contribution >= 0.6 is 15.9 Å². The van der Waals surface area contributed by atoms with Gasteiger partial charge in [-0.15, -0.1) is 0 Å². The summed E-state index contributed by atoms with van der Waals surface area (Å²) in [5.74, 6) is 0.785. The second-order valence-corrected chi connectivity index (χ2v) is 4.55. The highest BCUT2D eigenvalue weighted by molar-refractivity contribution is 9.10. The molecule has 16 heavy (non-hydrogen) atoms. The number of hydrogen-bond donors (Lipinski definition) is 0. The molecule has 0 aliphatic rings. The van der Waals surface area contributed by atoms with E-state index in [0.29, 0.717) is 0 Å². The Balaban J connectivity index is 2.27. The molecule has 0 fully saturated rings. The predicted octanol–water partition coefficient (Wildman–Crippen LogP) is 3.67. The minimum atomic E-state index is 0.785. The molecular weight excluding hydrogens is 268 g/mol. The summed E-state index contributed by atoms with van der Waals surface area (Å²) < 4.78 is 8.32. The predicted molar refractivity (Wildman–Crippen MR) is 65.3 cm³/mol. The maximum Gasteiger partial charge on any atom is 0.153 e. The van der Waals surface area contributed by atoms with Gasteiger partial charge >= 0.3 is 0 Å². The molecule has 4 heteroatoms. The van der Waals surface area contributed by atoms with E-state index in [0.717, 1.165) is 21.6 Å². The molecule has 0 atom stereocenters. The number of imidazole rings is 1. The Morgan fingerprint density at radius 2 is 2.25 bits per heavy atom. The van der Waals surface area contributed by atoms with Gasteiger partial charge in [-0.2, -0.15) is 0 Å². The van der Waals surface area contributed by atoms with Crippen molar-refractivity contribution in [3.05, 3.63) is 46.9 Å². The van der Waals surface area contributed by atoms with E-state index >= 15 is 0 Å². The third-order valence-electron chi connectivity index (χ3n) is 2.42. The maximum absolute atomic E-state index is 5.33. The fourth-order valence-corrected chi connectivity index (χ4v) is 2.39. The Hall–Kier alpha value is -1.55. The largest absolute Gasteiger partial charge is 0.463 e. The van der Waals surface area contributed by atoms with E-state index in [9.17, 15) is 0 Å². The lowest BCUT2D eigenvalue weighted by molar-refractivity contribution is 0.580. The van der Waals surface area contributed by atoms with Crippen molar-refractivity contribution in [3.63, 3.8) is 0 Å². The molecule has 0 bridgehead atoms. The van der Waals surface area contributed by atoms with Crippen LogP contribution in [0.4, 0.5) is 0 Å². The zero-order chi connectivity index (χ0) is 11.1. The number of hydrogen-bond acceptors (Lipinski definition) is 2. The van der Waals surface area contributed by atoms with E-state index in [1.807, 2.05) is 35.0 Å². The molecule has 0 radical (unpaired) electrons. The molecule has 3 heterocycles. The second-order valence-electron chi connectivity index (χ2n) is 3.70. The number of halogens is 1. The summed E-state index contributed by atoms with van der Waals surface area (Å²) in [5, 5.41) is 0. The Bertz CT molecular complexity index is 640. The van der Waals surface area contributed by atoms with E-state index in [4.69, 9.17) is 4.42 Å². The lowest BCUT2D eigenvalue weighted by atomic mass is 10.3. The van der Waals surface area contributed by atoms with Crippen molar-refractivity contribution in [1.29, 1.82) is 0 Å². The first-order valence-electron chi connectivity index (χ1n) is 4.93. The highest BCUT2D eigenvalue weighted by atomic mass is 79.9. The van der Waals surface area contributed by atoms with Gasteiger partial charge in [0, 0.05) is 12.4 Å². The molecule has 3 aromatic heterocycles. The van der Waals surface area contributed by atoms with Gasteiger partial charge in [0.15, 0.2) is 11.4 Å². The summed E-state index contributed by atoms with van der Waals surface area (Å²) in [6.07, 6.45) is 5.66. The summed E-state index contributed by atoms with van der Waals surface area (Å²) in [4.78, 5) is 4.52. The number of aryl methyl sites for hydroxylation is 1. The van der Waals surface area contributed by atoms with E-state index in [-0.39, 0.29) is 0 Å². The van der Waals surface area contributed by atoms with Gasteiger partial charge < -0.3 is 8.82 Å². The first-order chi connectivity index (χ1) is 7.74. The molecule has 0 unspecified atom stereocenters. The summed E-state index contributed by atoms with van der Waals surface area (Å²) in [6.45, 7) is 2.05. The third kappa shape index (κ3) is 1.46. The average Bonchev–Trinajstić information content (AvgIpc) is 2.82. The molecule has 0 N–H and O–H groups in total. The van der Waals surface area contributed by atoms with Crippen LogP contribution in [0, 0.1) is 6.92 Å². The van der Waals surface area contributed by atoms with Gasteiger partial charge in [-0.1, -0.05) is 0 Å². The van der Waals surface area contributed by atoms with Gasteiger partial charge in [-0.25, -0.2) is 4.98 Å². The molecule has 3 aromatic rings. The van der Waals surface area contributed by atoms with Crippen LogP contribution in [0.15, 0.2) is 45.7 Å². The summed E-state index contributed by atoms with van der Waals surface area (Å²) in [5.41, 5.74) is 2.93. The number of nitrogens with zero attached hydrogens (tertiary/aromatic N) is 2. The number of aromatic nitrogens is 2. The highest BCUT2D eigenvalue weighted by Crippen LogP contribution is 2.24. The Kier molecular flexibility index (Phi) is 2.11. The van der Waals surface area contributed by atoms with Gasteiger partial charge in [0.05, 0.1) is 10.7 Å². The maximum atomic E-state index is 5.33. The monoisotopic (exact) mass is 276 g/mol. The standard InChI is InChI=1S/C12H9BrN2O/c1-8-5-9(13)12-14-10(7-15(12)6-8)11-3-2-4-16-11/h2-7H,1H3. The number of furan rings is 1. The molecule has 3 rings (SSSR count). The molecule has 0 saturated carbocycles. The van der Waals surface area contributed by atoms with Crippen LogP contribution in [0.2, 0.25) is 0 Å². The molecule has 0 aromatic carbocycles. The van der Waals surface area contributed by atoms with Crippen molar-refractivity contribution in [2.45, 2.75) is 6.92 Å². The van der Waals surface area contributed by atoms with E-state index in [1.54, 1.807) is 6.26 Å². The van der Waals surface area contributed by atoms with Crippen molar-refractivity contribution >= 4 is 21.6 Å². The minimum Gasteiger partial charge on any atom is -0.463 e. The Labute approximate surface area is 101 Å². The topological polar surface area (TPSA) is 30.4 Å². The smallest absolute Gasteiger partial charge is 0.153 e. The van der Waals surface area contributed by atoms with E-state index in [2.05, 4.69) is 27.8 Å². The number of fused-ring (bicyclic) bond motifs is 1. The average molecular weight is 277 g/mol. The SMILES string of the molecule is Cc1cc(Br)c2nc(-c3ccco3)cn2c1. The molecule has 0 spiro atoms. The van der Waals surface area contributed by atoms with Crippen molar-refractivity contribution in [2.24, 2.45) is 0 Å². The molecular formula is C12H9BrN2O. The normalized spacial score (nSPS) is 11.1. The first kappa shape index (κ1) is 9.66. The lowest BCUT2D eigenvalue weighted by Gasteiger charge is -1.97. The summed E-state index contributed by atoms with van der Waals surface area (Å²) >= 11 is 3.51. The number of pyridine rings is 1. The fourth-order valence-electron chi connectivity index (χ4n) is 1.73. The first-order valence-corrected chi connectivity index (χ1v) is 5.72. The van der Waals surface area contributed by atoms with Gasteiger partial charge in [0.25, 0.3) is 0 Å². The van der Waals surface area contributed by atoms with Gasteiger partial charge in [0.1, 0.15) is 5.69 Å². The third-order valence-corrected chi connectivity index (χ3v) is 3.00. The zero-order valence-electron chi connectivity index (χ0n) is 8.64. The highest BCUT2D eigenvalue weighted by Gasteiger charge is 2.08. The van der Waals surface area contributed by atoms with Crippen LogP contribution in [0.1, 0.15) is 5.56 Å². The van der Waals surface area contributed by atoms with Crippen LogP contribution in [0.25, 0.3) is 17.1 Å². The molecule has 3 nitrogen and oxygen atoms in total. The minimum absolute atomic E-state index is 0.785. The molecule has 80 valence electrons. The molecule has 0 saturated heterocycles. The molecule has 0 amide bonds. The van der Waals surface area contributed by atoms with E-state index in [1.165, 1.54) is 5.56 Å². The van der Waals surface area contributed by atoms with Crippen molar-refractivity contribution < 1.29 is 4.42 Å². The zero-order valence-corrected chi connectivity index (χ0v) is 10.2. The summed E-state index contributed by atoms with van der Waals surface area (Å²) in [7, 11) is 0. The van der Waals surface area contributed by atoms with Gasteiger partial charge in [-0.05, 0) is 46.6 Å². The molecule has 0 aliphatic heterocycles. The summed E-state index contributed by atoms with van der Waals surface area (Å²) in [6, 6.07) is 5.82. The van der Waals surface area contributed by atoms with Crippen molar-refractivity contribution in [3.8, 4) is 11.5 Å². The second kappa shape index (κ2) is 3.49. The van der Waals surface area contributed by atoms with Crippen molar-refractivity contribution in [2.75, 3.05) is 0 Å². The Morgan fingerprint density at radius 1 is 1.38 bits per heavy atom. The molecule has 0 aliphatic carbocycles. The lowest BCUT2D eigenvalue weighted by Crippen LogP contribution is -1.85. The van der Waals surface area contributed by atoms with Crippen LogP contribution in [-0.2, 0) is 0 Å².